The van der Waals surface area contributed by atoms with Crippen molar-refractivity contribution >= 4 is 27.5 Å². The maximum absolute atomic E-state index is 13.2. The maximum Gasteiger partial charge on any atom is 0.274 e. The largest absolute Gasteiger partial charge is 0.330 e. The van der Waals surface area contributed by atoms with Gasteiger partial charge in [-0.05, 0) is 46.0 Å². The first-order valence-electron chi connectivity index (χ1n) is 9.04. The van der Waals surface area contributed by atoms with Crippen LogP contribution in [0.2, 0.25) is 0 Å². The summed E-state index contributed by atoms with van der Waals surface area (Å²) in [5.41, 5.74) is 5.75. The normalized spacial score (nSPS) is 16.4. The molecule has 1 amide bonds. The van der Waals surface area contributed by atoms with Crippen molar-refractivity contribution in [1.82, 2.24) is 29.7 Å². The van der Waals surface area contributed by atoms with Crippen molar-refractivity contribution in [3.63, 3.8) is 0 Å². The van der Waals surface area contributed by atoms with Crippen LogP contribution in [-0.4, -0.2) is 42.1 Å². The van der Waals surface area contributed by atoms with E-state index in [4.69, 9.17) is 0 Å². The number of halogens is 1. The summed E-state index contributed by atoms with van der Waals surface area (Å²) in [5, 5.41) is 11.4. The smallest absolute Gasteiger partial charge is 0.274 e. The molecule has 28 heavy (non-hydrogen) atoms. The van der Waals surface area contributed by atoms with Gasteiger partial charge in [-0.3, -0.25) is 9.89 Å². The first-order chi connectivity index (χ1) is 13.6. The molecule has 1 aliphatic heterocycles. The molecule has 1 N–H and O–H groups in total. The van der Waals surface area contributed by atoms with Gasteiger partial charge in [0.1, 0.15) is 0 Å². The fourth-order valence-electron chi connectivity index (χ4n) is 3.92. The van der Waals surface area contributed by atoms with Crippen molar-refractivity contribution in [2.75, 3.05) is 6.54 Å². The Balaban J connectivity index is 1.49. The Labute approximate surface area is 169 Å². The van der Waals surface area contributed by atoms with Gasteiger partial charge < -0.3 is 4.90 Å². The molecule has 8 heteroatoms. The van der Waals surface area contributed by atoms with E-state index in [2.05, 4.69) is 55.3 Å². The molecule has 4 heterocycles. The van der Waals surface area contributed by atoms with Gasteiger partial charge >= 0.3 is 0 Å². The van der Waals surface area contributed by atoms with Gasteiger partial charge in [0.05, 0.1) is 16.7 Å². The van der Waals surface area contributed by atoms with Crippen molar-refractivity contribution in [2.24, 2.45) is 0 Å². The van der Waals surface area contributed by atoms with Crippen LogP contribution >= 0.6 is 15.9 Å². The number of carbonyl (C=O) groups is 1. The maximum atomic E-state index is 13.2. The van der Waals surface area contributed by atoms with E-state index >= 15 is 0 Å². The number of amides is 1. The summed E-state index contributed by atoms with van der Waals surface area (Å²) in [6, 6.07) is 7.95. The number of hydrogen-bond donors (Lipinski definition) is 1. The van der Waals surface area contributed by atoms with Crippen molar-refractivity contribution in [3.05, 3.63) is 70.3 Å². The zero-order valence-electron chi connectivity index (χ0n) is 15.1. The Morgan fingerprint density at radius 2 is 2.21 bits per heavy atom. The van der Waals surface area contributed by atoms with Crippen LogP contribution in [0.1, 0.15) is 34.6 Å². The van der Waals surface area contributed by atoms with E-state index in [1.54, 1.807) is 23.0 Å². The van der Waals surface area contributed by atoms with Crippen molar-refractivity contribution in [3.8, 4) is 11.1 Å². The minimum atomic E-state index is -0.0755. The van der Waals surface area contributed by atoms with E-state index in [0.29, 0.717) is 17.9 Å². The summed E-state index contributed by atoms with van der Waals surface area (Å²) < 4.78 is 2.44. The highest BCUT2D eigenvalue weighted by atomic mass is 79.9. The van der Waals surface area contributed by atoms with Gasteiger partial charge in [0, 0.05) is 36.8 Å². The molecule has 0 saturated heterocycles. The average Bonchev–Trinajstić information content (AvgIpc) is 3.37. The first-order valence-corrected chi connectivity index (χ1v) is 9.84. The number of aromatic amines is 1. The van der Waals surface area contributed by atoms with Crippen molar-refractivity contribution in [2.45, 2.75) is 19.4 Å². The number of H-pyrrole nitrogens is 1. The number of rotatable bonds is 2. The van der Waals surface area contributed by atoms with Crippen LogP contribution in [0.25, 0.3) is 16.8 Å². The lowest BCUT2D eigenvalue weighted by Gasteiger charge is -2.35. The summed E-state index contributed by atoms with van der Waals surface area (Å²) >= 11 is 3.38. The molecule has 7 nitrogen and oxygen atoms in total. The highest BCUT2D eigenvalue weighted by Gasteiger charge is 2.31. The molecule has 140 valence electrons. The molecule has 1 aromatic carbocycles. The summed E-state index contributed by atoms with van der Waals surface area (Å²) in [4.78, 5) is 19.4. The number of benzene rings is 1. The Morgan fingerprint density at radius 1 is 1.32 bits per heavy atom. The van der Waals surface area contributed by atoms with E-state index in [1.165, 1.54) is 16.7 Å². The van der Waals surface area contributed by atoms with E-state index in [-0.39, 0.29) is 11.9 Å². The minimum absolute atomic E-state index is 0.0346. The van der Waals surface area contributed by atoms with E-state index in [9.17, 15) is 4.79 Å². The van der Waals surface area contributed by atoms with E-state index in [1.807, 2.05) is 23.4 Å². The fourth-order valence-corrected chi connectivity index (χ4v) is 4.22. The Bertz CT molecular complexity index is 1180. The summed E-state index contributed by atoms with van der Waals surface area (Å²) in [6.45, 7) is 2.71. The lowest BCUT2D eigenvalue weighted by molar-refractivity contribution is 0.0671. The highest BCUT2D eigenvalue weighted by Crippen LogP contribution is 2.36. The quantitative estimate of drug-likeness (QED) is 0.520. The van der Waals surface area contributed by atoms with Crippen LogP contribution in [0.4, 0.5) is 0 Å². The topological polar surface area (TPSA) is 79.2 Å². The molecule has 0 aliphatic carbocycles. The van der Waals surface area contributed by atoms with E-state index < -0.39 is 0 Å². The molecule has 0 spiro atoms. The lowest BCUT2D eigenvalue weighted by Crippen LogP contribution is -2.39. The molecular weight excluding hydrogens is 420 g/mol. The number of nitrogens with one attached hydrogen (secondary N) is 1. The third-order valence-electron chi connectivity index (χ3n) is 5.30. The molecule has 1 atom stereocenters. The second kappa shape index (κ2) is 6.56. The van der Waals surface area contributed by atoms with Crippen LogP contribution < -0.4 is 0 Å². The summed E-state index contributed by atoms with van der Waals surface area (Å²) in [5.74, 6) is -0.0755. The SMILES string of the molecule is CC1c2cccc(-c3cn[nH]c3)c2CCN1C(=O)c1cc2ncc(Br)cn2n1. The Hall–Kier alpha value is -3.00. The third-order valence-corrected chi connectivity index (χ3v) is 5.71. The average molecular weight is 437 g/mol. The molecule has 0 bridgehead atoms. The molecule has 0 saturated carbocycles. The number of fused-ring (bicyclic) bond motifs is 2. The standard InChI is InChI=1S/C20H17BrN6O/c1-12-15-3-2-4-16(13-8-23-24-9-13)17(15)5-6-26(12)20(28)18-7-19-22-10-14(21)11-27(19)25-18/h2-4,7-12H,5-6H2,1H3,(H,23,24). The molecule has 4 aromatic rings. The number of hydrogen-bond acceptors (Lipinski definition) is 4. The van der Waals surface area contributed by atoms with Crippen LogP contribution in [0, 0.1) is 0 Å². The zero-order valence-corrected chi connectivity index (χ0v) is 16.7. The van der Waals surface area contributed by atoms with Gasteiger partial charge in [0.25, 0.3) is 5.91 Å². The van der Waals surface area contributed by atoms with Gasteiger partial charge in [-0.1, -0.05) is 18.2 Å². The van der Waals surface area contributed by atoms with Gasteiger partial charge in [-0.25, -0.2) is 9.50 Å². The third kappa shape index (κ3) is 2.72. The van der Waals surface area contributed by atoms with Crippen molar-refractivity contribution < 1.29 is 4.79 Å². The number of nitrogens with zero attached hydrogens (tertiary/aromatic N) is 5. The molecule has 1 unspecified atom stereocenters. The van der Waals surface area contributed by atoms with Gasteiger partial charge in [0.15, 0.2) is 11.3 Å². The Kier molecular flexibility index (Phi) is 4.01. The second-order valence-electron chi connectivity index (χ2n) is 6.89. The monoisotopic (exact) mass is 436 g/mol. The highest BCUT2D eigenvalue weighted by molar-refractivity contribution is 9.10. The molecule has 0 radical (unpaired) electrons. The molecule has 1 aliphatic rings. The summed E-state index contributed by atoms with van der Waals surface area (Å²) in [7, 11) is 0. The summed E-state index contributed by atoms with van der Waals surface area (Å²) in [6.07, 6.45) is 8.02. The van der Waals surface area contributed by atoms with Crippen LogP contribution in [0.3, 0.4) is 0 Å². The lowest BCUT2D eigenvalue weighted by atomic mass is 9.88. The van der Waals surface area contributed by atoms with E-state index in [0.717, 1.165) is 16.5 Å². The van der Waals surface area contributed by atoms with Gasteiger partial charge in [0.2, 0.25) is 0 Å². The number of carbonyl (C=O) groups excluding carboxylic acids is 1. The molecule has 5 rings (SSSR count). The fraction of sp³-hybridized carbons (Fsp3) is 0.200. The van der Waals surface area contributed by atoms with Gasteiger partial charge in [-0.15, -0.1) is 0 Å². The van der Waals surface area contributed by atoms with Gasteiger partial charge in [-0.2, -0.15) is 10.2 Å². The zero-order chi connectivity index (χ0) is 19.3. The second-order valence-corrected chi connectivity index (χ2v) is 7.81. The van der Waals surface area contributed by atoms with Crippen LogP contribution in [-0.2, 0) is 6.42 Å². The predicted molar refractivity (Wildman–Crippen MR) is 108 cm³/mol. The first kappa shape index (κ1) is 17.1. The predicted octanol–water partition coefficient (Wildman–Crippen LogP) is 3.64. The van der Waals surface area contributed by atoms with Crippen LogP contribution in [0.5, 0.6) is 0 Å². The Morgan fingerprint density at radius 3 is 3.04 bits per heavy atom. The molecule has 0 fully saturated rings. The molecular formula is C20H17BrN6O. The number of aromatic nitrogens is 5. The van der Waals surface area contributed by atoms with Crippen molar-refractivity contribution in [1.29, 1.82) is 0 Å². The minimum Gasteiger partial charge on any atom is -0.330 e. The molecule has 3 aromatic heterocycles. The van der Waals surface area contributed by atoms with Crippen LogP contribution in [0.15, 0.2) is 53.5 Å².